The molecule has 0 bridgehead atoms. The highest BCUT2D eigenvalue weighted by atomic mass is 32.1. The first-order valence-electron chi connectivity index (χ1n) is 9.41. The number of aromatic amines is 1. The molecule has 0 saturated carbocycles. The summed E-state index contributed by atoms with van der Waals surface area (Å²) in [5, 5.41) is 13.2. The highest BCUT2D eigenvalue weighted by Crippen LogP contribution is 2.18. The molecule has 0 aliphatic carbocycles. The van der Waals surface area contributed by atoms with Crippen LogP contribution in [-0.4, -0.2) is 27.8 Å². The maximum absolute atomic E-state index is 12.4. The van der Waals surface area contributed by atoms with Crippen molar-refractivity contribution in [2.24, 2.45) is 0 Å². The van der Waals surface area contributed by atoms with Gasteiger partial charge >= 0.3 is 0 Å². The first-order chi connectivity index (χ1) is 14.0. The molecule has 0 fully saturated rings. The molecule has 0 spiro atoms. The molecule has 0 atom stereocenters. The van der Waals surface area contributed by atoms with Crippen molar-refractivity contribution in [3.63, 3.8) is 0 Å². The number of nitrogens with one attached hydrogen (secondary N) is 3. The first kappa shape index (κ1) is 20.5. The highest BCUT2D eigenvalue weighted by Gasteiger charge is 2.10. The van der Waals surface area contributed by atoms with E-state index in [1.54, 1.807) is 18.2 Å². The summed E-state index contributed by atoms with van der Waals surface area (Å²) < 4.78 is 5.43. The lowest BCUT2D eigenvalue weighted by molar-refractivity contribution is 0.0977. The molecule has 29 heavy (non-hydrogen) atoms. The monoisotopic (exact) mass is 408 g/mol. The quantitative estimate of drug-likeness (QED) is 0.534. The Balaban J connectivity index is 1.58. The van der Waals surface area contributed by atoms with Gasteiger partial charge in [-0.2, -0.15) is 5.10 Å². The fourth-order valence-corrected chi connectivity index (χ4v) is 3.19. The molecule has 3 N–H and O–H groups in total. The van der Waals surface area contributed by atoms with Crippen molar-refractivity contribution in [1.29, 1.82) is 0 Å². The minimum absolute atomic E-state index is 0.242. The standard InChI is InChI=1S/C22H24N4O2S/c1-4-28-19-7-5-6-17(13-19)21(27)24-22(29)23-18-10-8-16(9-11-18)12-20-14(2)25-26-15(20)3/h5-11,13H,4,12H2,1-3H3,(H,25,26)(H2,23,24,27,29). The summed E-state index contributed by atoms with van der Waals surface area (Å²) in [4.78, 5) is 12.4. The van der Waals surface area contributed by atoms with E-state index in [0.717, 1.165) is 23.5 Å². The lowest BCUT2D eigenvalue weighted by Gasteiger charge is -2.11. The molecule has 0 aliphatic heterocycles. The minimum atomic E-state index is -0.286. The molecule has 1 amide bonds. The van der Waals surface area contributed by atoms with Crippen LogP contribution in [0.4, 0.5) is 5.69 Å². The second kappa shape index (κ2) is 9.34. The first-order valence-corrected chi connectivity index (χ1v) is 9.81. The summed E-state index contributed by atoms with van der Waals surface area (Å²) in [6, 6.07) is 14.9. The second-order valence-corrected chi connectivity index (χ2v) is 7.06. The van der Waals surface area contributed by atoms with E-state index in [-0.39, 0.29) is 11.0 Å². The van der Waals surface area contributed by atoms with Crippen molar-refractivity contribution < 1.29 is 9.53 Å². The lowest BCUT2D eigenvalue weighted by atomic mass is 10.0. The third kappa shape index (κ3) is 5.42. The molecule has 1 heterocycles. The zero-order valence-corrected chi connectivity index (χ0v) is 17.5. The second-order valence-electron chi connectivity index (χ2n) is 6.66. The van der Waals surface area contributed by atoms with Gasteiger partial charge in [0.05, 0.1) is 12.3 Å². The molecule has 0 radical (unpaired) electrons. The van der Waals surface area contributed by atoms with E-state index in [0.29, 0.717) is 17.9 Å². The molecule has 6 nitrogen and oxygen atoms in total. The van der Waals surface area contributed by atoms with Crippen molar-refractivity contribution in [3.05, 3.63) is 76.6 Å². The molecular weight excluding hydrogens is 384 g/mol. The number of rotatable bonds is 6. The lowest BCUT2D eigenvalue weighted by Crippen LogP contribution is -2.34. The van der Waals surface area contributed by atoms with Gasteiger partial charge in [0.15, 0.2) is 5.11 Å². The van der Waals surface area contributed by atoms with Gasteiger partial charge < -0.3 is 10.1 Å². The van der Waals surface area contributed by atoms with Gasteiger partial charge in [0, 0.05) is 28.9 Å². The zero-order valence-electron chi connectivity index (χ0n) is 16.7. The molecule has 3 aromatic rings. The SMILES string of the molecule is CCOc1cccc(C(=O)NC(=S)Nc2ccc(Cc3c(C)n[nH]c3C)cc2)c1. The Kier molecular flexibility index (Phi) is 6.61. The Bertz CT molecular complexity index is 992. The van der Waals surface area contributed by atoms with Gasteiger partial charge in [0.25, 0.3) is 5.91 Å². The number of nitrogens with zero attached hydrogens (tertiary/aromatic N) is 1. The van der Waals surface area contributed by atoms with Crippen LogP contribution in [0.5, 0.6) is 5.75 Å². The maximum Gasteiger partial charge on any atom is 0.257 e. The van der Waals surface area contributed by atoms with Crippen molar-refractivity contribution in [2.75, 3.05) is 11.9 Å². The Morgan fingerprint density at radius 2 is 1.93 bits per heavy atom. The fourth-order valence-electron chi connectivity index (χ4n) is 2.98. The number of carbonyl (C=O) groups excluding carboxylic acids is 1. The van der Waals surface area contributed by atoms with E-state index in [1.165, 1.54) is 11.1 Å². The van der Waals surface area contributed by atoms with Crippen LogP contribution in [0.1, 0.15) is 39.8 Å². The van der Waals surface area contributed by atoms with Crippen LogP contribution in [0.15, 0.2) is 48.5 Å². The predicted octanol–water partition coefficient (Wildman–Crippen LogP) is 4.14. The van der Waals surface area contributed by atoms with Gasteiger partial charge in [0.2, 0.25) is 0 Å². The number of hydrogen-bond donors (Lipinski definition) is 3. The Morgan fingerprint density at radius 1 is 1.17 bits per heavy atom. The van der Waals surface area contributed by atoms with Crippen LogP contribution in [0, 0.1) is 13.8 Å². The van der Waals surface area contributed by atoms with Crippen LogP contribution in [0.3, 0.4) is 0 Å². The summed E-state index contributed by atoms with van der Waals surface area (Å²) in [6.45, 7) is 6.46. The van der Waals surface area contributed by atoms with E-state index in [1.807, 2.05) is 51.1 Å². The van der Waals surface area contributed by atoms with Gasteiger partial charge in [-0.3, -0.25) is 15.2 Å². The average molecular weight is 409 g/mol. The Morgan fingerprint density at radius 3 is 2.59 bits per heavy atom. The van der Waals surface area contributed by atoms with Crippen molar-refractivity contribution in [1.82, 2.24) is 15.5 Å². The molecule has 3 rings (SSSR count). The maximum atomic E-state index is 12.4. The van der Waals surface area contributed by atoms with Crippen molar-refractivity contribution >= 4 is 28.9 Å². The number of amides is 1. The summed E-state index contributed by atoms with van der Waals surface area (Å²) in [7, 11) is 0. The number of ether oxygens (including phenoxy) is 1. The molecule has 0 saturated heterocycles. The number of hydrogen-bond acceptors (Lipinski definition) is 4. The molecule has 1 aromatic heterocycles. The number of aromatic nitrogens is 2. The van der Waals surface area contributed by atoms with Crippen LogP contribution < -0.4 is 15.4 Å². The number of anilines is 1. The number of aryl methyl sites for hydroxylation is 2. The topological polar surface area (TPSA) is 79.0 Å². The smallest absolute Gasteiger partial charge is 0.257 e. The van der Waals surface area contributed by atoms with Crippen LogP contribution >= 0.6 is 12.2 Å². The molecular formula is C22H24N4O2S. The molecule has 7 heteroatoms. The average Bonchev–Trinajstić information content (AvgIpc) is 3.02. The third-order valence-electron chi connectivity index (χ3n) is 4.51. The number of H-pyrrole nitrogens is 1. The predicted molar refractivity (Wildman–Crippen MR) is 119 cm³/mol. The van der Waals surface area contributed by atoms with E-state index in [9.17, 15) is 4.79 Å². The van der Waals surface area contributed by atoms with Crippen molar-refractivity contribution in [2.45, 2.75) is 27.2 Å². The highest BCUT2D eigenvalue weighted by molar-refractivity contribution is 7.80. The van der Waals surface area contributed by atoms with Gasteiger partial charge in [-0.15, -0.1) is 0 Å². The van der Waals surface area contributed by atoms with Gasteiger partial charge in [-0.25, -0.2) is 0 Å². The Labute approximate surface area is 175 Å². The van der Waals surface area contributed by atoms with E-state index < -0.39 is 0 Å². The van der Waals surface area contributed by atoms with E-state index in [4.69, 9.17) is 17.0 Å². The minimum Gasteiger partial charge on any atom is -0.494 e. The largest absolute Gasteiger partial charge is 0.494 e. The molecule has 150 valence electrons. The summed E-state index contributed by atoms with van der Waals surface area (Å²) in [5.41, 5.74) is 5.78. The van der Waals surface area contributed by atoms with Gasteiger partial charge in [-0.05, 0) is 68.9 Å². The number of thiocarbonyl (C=S) groups is 1. The molecule has 2 aromatic carbocycles. The van der Waals surface area contributed by atoms with Crippen molar-refractivity contribution in [3.8, 4) is 5.75 Å². The van der Waals surface area contributed by atoms with Crippen LogP contribution in [-0.2, 0) is 6.42 Å². The van der Waals surface area contributed by atoms with Crippen LogP contribution in [0.2, 0.25) is 0 Å². The van der Waals surface area contributed by atoms with E-state index >= 15 is 0 Å². The van der Waals surface area contributed by atoms with Crippen LogP contribution in [0.25, 0.3) is 0 Å². The van der Waals surface area contributed by atoms with E-state index in [2.05, 4.69) is 20.8 Å². The molecule has 0 aliphatic rings. The Hall–Kier alpha value is -3.19. The summed E-state index contributed by atoms with van der Waals surface area (Å²) in [5.74, 6) is 0.365. The fraction of sp³-hybridized carbons (Fsp3) is 0.227. The summed E-state index contributed by atoms with van der Waals surface area (Å²) in [6.07, 6.45) is 0.811. The summed E-state index contributed by atoms with van der Waals surface area (Å²) >= 11 is 5.27. The molecule has 0 unspecified atom stereocenters. The zero-order chi connectivity index (χ0) is 20.8. The third-order valence-corrected chi connectivity index (χ3v) is 4.71. The van der Waals surface area contributed by atoms with Gasteiger partial charge in [0.1, 0.15) is 5.75 Å². The van der Waals surface area contributed by atoms with Gasteiger partial charge in [-0.1, -0.05) is 18.2 Å². The number of carbonyl (C=O) groups is 1. The normalized spacial score (nSPS) is 10.4. The number of benzene rings is 2.